The van der Waals surface area contributed by atoms with E-state index in [4.69, 9.17) is 20.5 Å². The number of ether oxygens (including phenoxy) is 1. The highest BCUT2D eigenvalue weighted by molar-refractivity contribution is 6.41. The monoisotopic (exact) mass is 324 g/mol. The zero-order valence-electron chi connectivity index (χ0n) is 14.5. The Bertz CT molecular complexity index is 718. The molecule has 1 aromatic carbocycles. The maximum Gasteiger partial charge on any atom is 0.181 e. The highest BCUT2D eigenvalue weighted by Gasteiger charge is 2.45. The first-order valence-corrected chi connectivity index (χ1v) is 8.46. The number of amidine groups is 1. The molecule has 0 radical (unpaired) electrons. The van der Waals surface area contributed by atoms with E-state index in [9.17, 15) is 5.26 Å². The average Bonchev–Trinajstić information content (AvgIpc) is 2.91. The molecule has 0 amide bonds. The summed E-state index contributed by atoms with van der Waals surface area (Å²) in [4.78, 5) is 9.74. The number of aryl methyl sites for hydroxylation is 1. The minimum Gasteiger partial charge on any atom is -0.382 e. The minimum atomic E-state index is -0.691. The van der Waals surface area contributed by atoms with E-state index in [1.807, 2.05) is 32.0 Å². The molecule has 1 unspecified atom stereocenters. The molecule has 2 aliphatic rings. The van der Waals surface area contributed by atoms with Gasteiger partial charge in [-0.05, 0) is 57.2 Å². The van der Waals surface area contributed by atoms with Gasteiger partial charge < -0.3 is 10.5 Å². The van der Waals surface area contributed by atoms with Crippen molar-refractivity contribution >= 4 is 11.5 Å². The standard InChI is InChI=1S/C19H24N4O/c1-12-4-5-14(11-20)10-17(12)19(22-13(2)18(21)23-19)15-6-8-16(24-3)9-7-15/h4-5,10,15-16H,6-9H2,1-3H3,(H2,21,23). The summed E-state index contributed by atoms with van der Waals surface area (Å²) in [5, 5.41) is 9.30. The van der Waals surface area contributed by atoms with Gasteiger partial charge in [-0.2, -0.15) is 5.26 Å². The molecule has 1 aromatic rings. The summed E-state index contributed by atoms with van der Waals surface area (Å²) in [6.45, 7) is 3.96. The molecule has 5 heteroatoms. The summed E-state index contributed by atoms with van der Waals surface area (Å²) in [5.74, 6) is 0.776. The minimum absolute atomic E-state index is 0.271. The van der Waals surface area contributed by atoms with Crippen LogP contribution >= 0.6 is 0 Å². The van der Waals surface area contributed by atoms with Crippen LogP contribution in [0.5, 0.6) is 0 Å². The third-order valence-electron chi connectivity index (χ3n) is 5.34. The van der Waals surface area contributed by atoms with Crippen molar-refractivity contribution in [2.75, 3.05) is 7.11 Å². The molecule has 1 fully saturated rings. The fourth-order valence-corrected chi connectivity index (χ4v) is 3.91. The van der Waals surface area contributed by atoms with E-state index in [0.29, 0.717) is 17.5 Å². The Morgan fingerprint density at radius 3 is 2.46 bits per heavy atom. The van der Waals surface area contributed by atoms with E-state index in [1.165, 1.54) is 0 Å². The van der Waals surface area contributed by atoms with E-state index in [0.717, 1.165) is 42.5 Å². The molecule has 1 aliphatic carbocycles. The van der Waals surface area contributed by atoms with Crippen LogP contribution in [0.1, 0.15) is 49.3 Å². The predicted octanol–water partition coefficient (Wildman–Crippen LogP) is 3.06. The SMILES string of the molecule is COC1CCC(C2(c3cc(C#N)ccc3C)N=C(C)C(N)=N2)CC1. The van der Waals surface area contributed by atoms with Crippen LogP contribution in [0.4, 0.5) is 0 Å². The second-order valence-corrected chi connectivity index (χ2v) is 6.77. The van der Waals surface area contributed by atoms with Gasteiger partial charge in [0.15, 0.2) is 5.66 Å². The molecule has 0 saturated heterocycles. The van der Waals surface area contributed by atoms with Crippen molar-refractivity contribution in [2.24, 2.45) is 21.6 Å². The number of nitriles is 1. The molecule has 126 valence electrons. The Hall–Kier alpha value is -2.19. The van der Waals surface area contributed by atoms with Crippen LogP contribution in [0.2, 0.25) is 0 Å². The molecule has 24 heavy (non-hydrogen) atoms. The summed E-state index contributed by atoms with van der Waals surface area (Å²) in [6.07, 6.45) is 4.30. The maximum absolute atomic E-state index is 9.30. The number of rotatable bonds is 3. The number of nitrogens with two attached hydrogens (primary N) is 1. The summed E-state index contributed by atoms with van der Waals surface area (Å²) in [5.41, 5.74) is 8.92. The lowest BCUT2D eigenvalue weighted by molar-refractivity contribution is 0.0426. The van der Waals surface area contributed by atoms with Gasteiger partial charge in [-0.25, -0.2) is 4.99 Å². The fourth-order valence-electron chi connectivity index (χ4n) is 3.91. The van der Waals surface area contributed by atoms with Crippen molar-refractivity contribution < 1.29 is 4.74 Å². The van der Waals surface area contributed by atoms with E-state index in [1.54, 1.807) is 7.11 Å². The lowest BCUT2D eigenvalue weighted by Crippen LogP contribution is -2.36. The van der Waals surface area contributed by atoms with Gasteiger partial charge in [0.2, 0.25) is 0 Å². The quantitative estimate of drug-likeness (QED) is 0.927. The van der Waals surface area contributed by atoms with Crippen LogP contribution in [0.25, 0.3) is 0 Å². The smallest absolute Gasteiger partial charge is 0.181 e. The Morgan fingerprint density at radius 2 is 1.92 bits per heavy atom. The van der Waals surface area contributed by atoms with E-state index >= 15 is 0 Å². The Labute approximate surface area is 143 Å². The van der Waals surface area contributed by atoms with E-state index < -0.39 is 5.66 Å². The molecule has 0 aromatic heterocycles. The normalized spacial score (nSPS) is 29.8. The number of aliphatic imine (C=N–C) groups is 2. The average molecular weight is 324 g/mol. The zero-order valence-corrected chi connectivity index (χ0v) is 14.5. The van der Waals surface area contributed by atoms with Gasteiger partial charge in [0.1, 0.15) is 5.84 Å². The fraction of sp³-hybridized carbons (Fsp3) is 0.526. The molecule has 1 saturated carbocycles. The summed E-state index contributed by atoms with van der Waals surface area (Å²) >= 11 is 0. The molecule has 3 rings (SSSR count). The maximum atomic E-state index is 9.30. The Balaban J connectivity index is 2.08. The molecular weight excluding hydrogens is 300 g/mol. The zero-order chi connectivity index (χ0) is 17.3. The third-order valence-corrected chi connectivity index (χ3v) is 5.34. The summed E-state index contributed by atoms with van der Waals surface area (Å²) in [6, 6.07) is 7.97. The number of methoxy groups -OCH3 is 1. The number of hydrogen-bond acceptors (Lipinski definition) is 5. The van der Waals surface area contributed by atoms with Crippen LogP contribution in [-0.4, -0.2) is 24.8 Å². The first-order chi connectivity index (χ1) is 11.5. The van der Waals surface area contributed by atoms with Crippen molar-refractivity contribution in [3.8, 4) is 6.07 Å². The molecule has 0 spiro atoms. The van der Waals surface area contributed by atoms with Gasteiger partial charge in [-0.3, -0.25) is 4.99 Å². The third kappa shape index (κ3) is 2.71. The van der Waals surface area contributed by atoms with Crippen molar-refractivity contribution in [3.63, 3.8) is 0 Å². The molecule has 1 heterocycles. The van der Waals surface area contributed by atoms with Gasteiger partial charge in [0.25, 0.3) is 0 Å². The van der Waals surface area contributed by atoms with Crippen LogP contribution in [0, 0.1) is 24.2 Å². The molecular formula is C19H24N4O. The Morgan fingerprint density at radius 1 is 1.21 bits per heavy atom. The van der Waals surface area contributed by atoms with E-state index in [2.05, 4.69) is 6.07 Å². The van der Waals surface area contributed by atoms with Gasteiger partial charge in [0.05, 0.1) is 23.4 Å². The summed E-state index contributed by atoms with van der Waals surface area (Å²) in [7, 11) is 1.77. The first kappa shape index (κ1) is 16.7. The van der Waals surface area contributed by atoms with Gasteiger partial charge in [0, 0.05) is 18.6 Å². The second kappa shape index (κ2) is 6.37. The van der Waals surface area contributed by atoms with Crippen LogP contribution in [-0.2, 0) is 10.4 Å². The largest absolute Gasteiger partial charge is 0.382 e. The van der Waals surface area contributed by atoms with E-state index in [-0.39, 0.29) is 5.92 Å². The molecule has 2 N–H and O–H groups in total. The Kier molecular flexibility index (Phi) is 4.42. The van der Waals surface area contributed by atoms with Crippen molar-refractivity contribution in [3.05, 3.63) is 34.9 Å². The summed E-state index contributed by atoms with van der Waals surface area (Å²) < 4.78 is 5.50. The number of hydrogen-bond donors (Lipinski definition) is 1. The van der Waals surface area contributed by atoms with Crippen molar-refractivity contribution in [2.45, 2.75) is 51.3 Å². The highest BCUT2D eigenvalue weighted by atomic mass is 16.5. The highest BCUT2D eigenvalue weighted by Crippen LogP contribution is 2.47. The number of benzene rings is 1. The van der Waals surface area contributed by atoms with Gasteiger partial charge >= 0.3 is 0 Å². The lowest BCUT2D eigenvalue weighted by Gasteiger charge is -2.38. The van der Waals surface area contributed by atoms with Gasteiger partial charge in [-0.1, -0.05) is 6.07 Å². The molecule has 1 aliphatic heterocycles. The predicted molar refractivity (Wildman–Crippen MR) is 95.1 cm³/mol. The van der Waals surface area contributed by atoms with Crippen LogP contribution in [0.3, 0.4) is 0 Å². The molecule has 5 nitrogen and oxygen atoms in total. The number of nitrogens with zero attached hydrogens (tertiary/aromatic N) is 3. The van der Waals surface area contributed by atoms with Crippen molar-refractivity contribution in [1.82, 2.24) is 0 Å². The molecule has 1 atom stereocenters. The topological polar surface area (TPSA) is 83.8 Å². The van der Waals surface area contributed by atoms with Crippen LogP contribution < -0.4 is 5.73 Å². The molecule has 0 bridgehead atoms. The van der Waals surface area contributed by atoms with Crippen LogP contribution in [0.15, 0.2) is 28.2 Å². The van der Waals surface area contributed by atoms with Gasteiger partial charge in [-0.15, -0.1) is 0 Å². The first-order valence-electron chi connectivity index (χ1n) is 8.46. The second-order valence-electron chi connectivity index (χ2n) is 6.77. The van der Waals surface area contributed by atoms with Crippen molar-refractivity contribution in [1.29, 1.82) is 5.26 Å². The lowest BCUT2D eigenvalue weighted by atomic mass is 9.75.